The normalized spacial score (nSPS) is 13.8. The molecule has 0 amide bonds. The second kappa shape index (κ2) is 4.93. The van der Waals surface area contributed by atoms with Crippen molar-refractivity contribution >= 4 is 18.2 Å². The fourth-order valence-electron chi connectivity index (χ4n) is 1.26. The Morgan fingerprint density at radius 2 is 1.62 bits per heavy atom. The van der Waals surface area contributed by atoms with Gasteiger partial charge < -0.3 is 0 Å². The van der Waals surface area contributed by atoms with E-state index in [1.807, 2.05) is 20.8 Å². The molecule has 77 valence electrons. The Bertz CT molecular complexity index is 257. The smallest absolute Gasteiger partial charge is 0.282 e. The summed E-state index contributed by atoms with van der Waals surface area (Å²) in [7, 11) is -5.66. The van der Waals surface area contributed by atoms with Crippen LogP contribution in [-0.2, 0) is 10.1 Å². The molecule has 0 aromatic carbocycles. The first-order valence-electron chi connectivity index (χ1n) is 4.47. The molecule has 0 aromatic rings. The van der Waals surface area contributed by atoms with Crippen LogP contribution in [-0.4, -0.2) is 21.0 Å². The van der Waals surface area contributed by atoms with Gasteiger partial charge in [-0.25, -0.2) is 0 Å². The molecule has 1 radical (unpaired) electrons. The van der Waals surface area contributed by atoms with Crippen LogP contribution in [0.5, 0.6) is 0 Å². The number of hydrogen-bond donors (Lipinski definition) is 1. The summed E-state index contributed by atoms with van der Waals surface area (Å²) in [6, 6.07) is 2.89. The zero-order valence-corrected chi connectivity index (χ0v) is 10.2. The fourth-order valence-corrected chi connectivity index (χ4v) is 4.96. The van der Waals surface area contributed by atoms with E-state index in [1.165, 1.54) is 0 Å². The molecular weight excluding hydrogens is 204 g/mol. The van der Waals surface area contributed by atoms with E-state index < -0.39 is 18.2 Å². The second-order valence-corrected chi connectivity index (χ2v) is 9.35. The summed E-state index contributed by atoms with van der Waals surface area (Å²) in [4.78, 5) is 0. The molecule has 13 heavy (non-hydrogen) atoms. The molecule has 0 unspecified atom stereocenters. The SMILES string of the molecule is CC[Si](/[C]=C/S(=O)(=O)O)(CC)CC. The Labute approximate surface area is 81.6 Å². The predicted molar refractivity (Wildman–Crippen MR) is 56.6 cm³/mol. The summed E-state index contributed by atoms with van der Waals surface area (Å²) in [5.41, 5.74) is 2.90. The summed E-state index contributed by atoms with van der Waals surface area (Å²) < 4.78 is 29.5. The lowest BCUT2D eigenvalue weighted by Gasteiger charge is -2.22. The van der Waals surface area contributed by atoms with Crippen LogP contribution in [0.1, 0.15) is 20.8 Å². The third-order valence-electron chi connectivity index (χ3n) is 2.54. The van der Waals surface area contributed by atoms with Crippen molar-refractivity contribution < 1.29 is 13.0 Å². The minimum atomic E-state index is -3.99. The Balaban J connectivity index is 4.70. The highest BCUT2D eigenvalue weighted by Gasteiger charge is 2.24. The highest BCUT2D eigenvalue weighted by Crippen LogP contribution is 2.20. The Morgan fingerprint density at radius 3 is 1.85 bits per heavy atom. The summed E-state index contributed by atoms with van der Waals surface area (Å²) in [6.07, 6.45) is 0. The van der Waals surface area contributed by atoms with Gasteiger partial charge in [0.1, 0.15) is 0 Å². The monoisotopic (exact) mass is 221 g/mol. The van der Waals surface area contributed by atoms with E-state index in [4.69, 9.17) is 4.55 Å². The summed E-state index contributed by atoms with van der Waals surface area (Å²) in [6.45, 7) is 6.14. The molecule has 1 N–H and O–H groups in total. The van der Waals surface area contributed by atoms with Gasteiger partial charge in [0.2, 0.25) is 0 Å². The van der Waals surface area contributed by atoms with Gasteiger partial charge in [0.15, 0.2) is 0 Å². The molecule has 0 aromatic heterocycles. The zero-order valence-electron chi connectivity index (χ0n) is 8.37. The van der Waals surface area contributed by atoms with Crippen LogP contribution in [0.4, 0.5) is 0 Å². The molecule has 0 bridgehead atoms. The molecule has 0 saturated carbocycles. The molecule has 0 atom stereocenters. The lowest BCUT2D eigenvalue weighted by molar-refractivity contribution is 0.494. The highest BCUT2D eigenvalue weighted by molar-refractivity contribution is 7.88. The lowest BCUT2D eigenvalue weighted by atomic mass is 10.9. The summed E-state index contributed by atoms with van der Waals surface area (Å²) in [5, 5.41) is 0.829. The van der Waals surface area contributed by atoms with Gasteiger partial charge in [0, 0.05) is 0 Å². The van der Waals surface area contributed by atoms with Gasteiger partial charge >= 0.3 is 0 Å². The van der Waals surface area contributed by atoms with Gasteiger partial charge in [-0.15, -0.1) is 0 Å². The average Bonchev–Trinajstić information content (AvgIpc) is 2.06. The average molecular weight is 221 g/mol. The van der Waals surface area contributed by atoms with Gasteiger partial charge in [-0.05, 0) is 5.70 Å². The molecule has 0 saturated heterocycles. The maximum atomic E-state index is 10.5. The van der Waals surface area contributed by atoms with E-state index in [1.54, 1.807) is 0 Å². The number of hydrogen-bond acceptors (Lipinski definition) is 2. The molecule has 0 aliphatic carbocycles. The van der Waals surface area contributed by atoms with Crippen LogP contribution < -0.4 is 0 Å². The van der Waals surface area contributed by atoms with Crippen LogP contribution >= 0.6 is 0 Å². The van der Waals surface area contributed by atoms with Crippen molar-refractivity contribution in [3.63, 3.8) is 0 Å². The molecule has 0 aliphatic heterocycles. The zero-order chi connectivity index (χ0) is 10.5. The molecule has 0 heterocycles. The van der Waals surface area contributed by atoms with Gasteiger partial charge in [-0.2, -0.15) is 8.42 Å². The molecule has 3 nitrogen and oxygen atoms in total. The topological polar surface area (TPSA) is 54.4 Å². The van der Waals surface area contributed by atoms with E-state index in [9.17, 15) is 8.42 Å². The van der Waals surface area contributed by atoms with Crippen molar-refractivity contribution in [2.45, 2.75) is 38.9 Å². The van der Waals surface area contributed by atoms with Crippen molar-refractivity contribution in [1.82, 2.24) is 0 Å². The fraction of sp³-hybridized carbons (Fsp3) is 0.750. The first kappa shape index (κ1) is 12.9. The van der Waals surface area contributed by atoms with Crippen molar-refractivity contribution in [1.29, 1.82) is 0 Å². The van der Waals surface area contributed by atoms with Crippen molar-refractivity contribution in [3.05, 3.63) is 11.1 Å². The second-order valence-electron chi connectivity index (χ2n) is 3.12. The molecule has 0 rings (SSSR count). The lowest BCUT2D eigenvalue weighted by Crippen LogP contribution is -2.29. The van der Waals surface area contributed by atoms with Gasteiger partial charge in [-0.3, -0.25) is 4.55 Å². The van der Waals surface area contributed by atoms with E-state index in [0.717, 1.165) is 23.5 Å². The maximum absolute atomic E-state index is 10.5. The van der Waals surface area contributed by atoms with Gasteiger partial charge in [-0.1, -0.05) is 38.9 Å². The summed E-state index contributed by atoms with van der Waals surface area (Å²) >= 11 is 0. The Hall–Kier alpha value is -0.133. The van der Waals surface area contributed by atoms with E-state index >= 15 is 0 Å². The van der Waals surface area contributed by atoms with Crippen LogP contribution in [0.25, 0.3) is 0 Å². The Morgan fingerprint density at radius 1 is 1.23 bits per heavy atom. The van der Waals surface area contributed by atoms with Crippen LogP contribution in [0.3, 0.4) is 0 Å². The largest absolute Gasteiger partial charge is 0.287 e. The van der Waals surface area contributed by atoms with Crippen LogP contribution in [0, 0.1) is 5.70 Å². The van der Waals surface area contributed by atoms with Gasteiger partial charge in [0.25, 0.3) is 10.1 Å². The highest BCUT2D eigenvalue weighted by atomic mass is 32.2. The maximum Gasteiger partial charge on any atom is 0.287 e. The minimum absolute atomic E-state index is 0.829. The van der Waals surface area contributed by atoms with Crippen LogP contribution in [0.2, 0.25) is 18.1 Å². The quantitative estimate of drug-likeness (QED) is 0.572. The summed E-state index contributed by atoms with van der Waals surface area (Å²) in [5.74, 6) is 0. The third-order valence-corrected chi connectivity index (χ3v) is 7.99. The molecule has 0 spiro atoms. The number of rotatable bonds is 5. The van der Waals surface area contributed by atoms with Crippen molar-refractivity contribution in [2.24, 2.45) is 0 Å². The van der Waals surface area contributed by atoms with Crippen molar-refractivity contribution in [3.8, 4) is 0 Å². The molecule has 0 fully saturated rings. The first-order valence-corrected chi connectivity index (χ1v) is 8.60. The molecule has 0 aliphatic rings. The standard InChI is InChI=1S/C8H17O3SSi/c1-4-13(5-2,6-3)8-7-12(9,10)11/h7H,4-6H2,1-3H3,(H,9,10,11). The van der Waals surface area contributed by atoms with Crippen LogP contribution in [0.15, 0.2) is 5.41 Å². The van der Waals surface area contributed by atoms with Crippen molar-refractivity contribution in [2.75, 3.05) is 0 Å². The first-order chi connectivity index (χ1) is 5.89. The van der Waals surface area contributed by atoms with E-state index in [2.05, 4.69) is 5.70 Å². The Kier molecular flexibility index (Phi) is 4.88. The molecular formula is C8H17O3SSi. The third kappa shape index (κ3) is 4.59. The minimum Gasteiger partial charge on any atom is -0.282 e. The van der Waals surface area contributed by atoms with Gasteiger partial charge in [0.05, 0.1) is 13.5 Å². The molecule has 5 heteroatoms. The van der Waals surface area contributed by atoms with E-state index in [0.29, 0.717) is 0 Å². The predicted octanol–water partition coefficient (Wildman–Crippen LogP) is 2.24. The van der Waals surface area contributed by atoms with E-state index in [-0.39, 0.29) is 0 Å².